The van der Waals surface area contributed by atoms with Gasteiger partial charge < -0.3 is 24.3 Å². The second kappa shape index (κ2) is 8.66. The van der Waals surface area contributed by atoms with Crippen molar-refractivity contribution in [1.29, 1.82) is 5.41 Å². The van der Waals surface area contributed by atoms with Gasteiger partial charge >= 0.3 is 7.60 Å². The number of nitrogens with two attached hydrogens (primary N) is 1. The zero-order valence-electron chi connectivity index (χ0n) is 16.4. The van der Waals surface area contributed by atoms with Crippen LogP contribution in [0.25, 0.3) is 10.8 Å². The summed E-state index contributed by atoms with van der Waals surface area (Å²) in [6, 6.07) is 17.9. The molecular weight excluding hydrogens is 391 g/mol. The van der Waals surface area contributed by atoms with E-state index in [1.54, 1.807) is 55.6 Å². The lowest BCUT2D eigenvalue weighted by Gasteiger charge is -2.25. The molecule has 3 aromatic rings. The Labute approximate surface area is 169 Å². The van der Waals surface area contributed by atoms with Crippen LogP contribution in [0.15, 0.2) is 60.7 Å². The summed E-state index contributed by atoms with van der Waals surface area (Å²) in [6.07, 6.45) is 0. The van der Waals surface area contributed by atoms with Gasteiger partial charge in [-0.25, -0.2) is 0 Å². The minimum atomic E-state index is -3.60. The molecule has 0 radical (unpaired) electrons. The van der Waals surface area contributed by atoms with Gasteiger partial charge in [0, 0.05) is 25.3 Å². The van der Waals surface area contributed by atoms with E-state index in [-0.39, 0.29) is 5.84 Å². The highest BCUT2D eigenvalue weighted by atomic mass is 31.2. The Hall–Kier alpha value is -2.86. The first-order chi connectivity index (χ1) is 13.9. The molecule has 0 aliphatic rings. The van der Waals surface area contributed by atoms with E-state index in [2.05, 4.69) is 0 Å². The third-order valence-electron chi connectivity index (χ3n) is 4.57. The molecule has 1 atom stereocenters. The van der Waals surface area contributed by atoms with Gasteiger partial charge in [0.05, 0.1) is 7.11 Å². The normalized spacial score (nSPS) is 12.5. The molecular formula is C21H23N2O5P. The van der Waals surface area contributed by atoms with E-state index in [0.29, 0.717) is 22.6 Å². The monoisotopic (exact) mass is 414 g/mol. The van der Waals surface area contributed by atoms with E-state index in [1.807, 2.05) is 12.1 Å². The van der Waals surface area contributed by atoms with Crippen molar-refractivity contribution < 1.29 is 23.1 Å². The van der Waals surface area contributed by atoms with Gasteiger partial charge in [0.25, 0.3) is 0 Å². The highest BCUT2D eigenvalue weighted by molar-refractivity contribution is 7.54. The van der Waals surface area contributed by atoms with Crippen molar-refractivity contribution >= 4 is 24.2 Å². The summed E-state index contributed by atoms with van der Waals surface area (Å²) >= 11 is 0. The van der Waals surface area contributed by atoms with E-state index in [0.717, 1.165) is 10.8 Å². The van der Waals surface area contributed by atoms with Crippen molar-refractivity contribution in [3.63, 3.8) is 0 Å². The second-order valence-electron chi connectivity index (χ2n) is 6.29. The predicted octanol–water partition coefficient (Wildman–Crippen LogP) is 4.70. The van der Waals surface area contributed by atoms with Crippen LogP contribution in [0.4, 0.5) is 0 Å². The highest BCUT2D eigenvalue weighted by Crippen LogP contribution is 2.60. The Morgan fingerprint density at radius 2 is 1.52 bits per heavy atom. The van der Waals surface area contributed by atoms with E-state index in [4.69, 9.17) is 29.7 Å². The molecule has 152 valence electrons. The van der Waals surface area contributed by atoms with Crippen LogP contribution in [-0.2, 0) is 13.6 Å². The number of nitrogen functional groups attached to an aromatic ring is 1. The predicted molar refractivity (Wildman–Crippen MR) is 113 cm³/mol. The number of benzene rings is 3. The molecule has 0 bridgehead atoms. The minimum absolute atomic E-state index is 0.0161. The molecule has 29 heavy (non-hydrogen) atoms. The van der Waals surface area contributed by atoms with Crippen molar-refractivity contribution in [3.05, 3.63) is 71.8 Å². The summed E-state index contributed by atoms with van der Waals surface area (Å²) in [7, 11) is 0.613. The molecule has 3 aromatic carbocycles. The molecule has 0 aliphatic heterocycles. The average Bonchev–Trinajstić information content (AvgIpc) is 2.76. The van der Waals surface area contributed by atoms with Crippen LogP contribution in [-0.4, -0.2) is 27.2 Å². The van der Waals surface area contributed by atoms with Crippen molar-refractivity contribution in [3.8, 4) is 11.5 Å². The number of nitrogens with one attached hydrogen (secondary N) is 1. The molecule has 0 spiro atoms. The van der Waals surface area contributed by atoms with E-state index in [1.165, 1.54) is 14.2 Å². The number of methoxy groups -OCH3 is 1. The van der Waals surface area contributed by atoms with Crippen LogP contribution in [0.5, 0.6) is 11.5 Å². The molecule has 7 nitrogen and oxygen atoms in total. The summed E-state index contributed by atoms with van der Waals surface area (Å²) < 4.78 is 34.9. The zero-order chi connectivity index (χ0) is 21.0. The van der Waals surface area contributed by atoms with Crippen molar-refractivity contribution in [2.75, 3.05) is 21.3 Å². The molecule has 0 aromatic heterocycles. The first-order valence-corrected chi connectivity index (χ1v) is 10.4. The molecule has 0 fully saturated rings. The SMILES string of the molecule is COc1ccc(C(Oc2ccc3ccc(C(=N)N)cc3c2)P(=O)(OC)OC)cc1. The Balaban J connectivity index is 2.02. The maximum atomic E-state index is 13.2. The fourth-order valence-corrected chi connectivity index (χ4v) is 4.26. The zero-order valence-corrected chi connectivity index (χ0v) is 17.3. The number of hydrogen-bond acceptors (Lipinski definition) is 6. The van der Waals surface area contributed by atoms with Gasteiger partial charge in [-0.05, 0) is 41.1 Å². The number of fused-ring (bicyclic) bond motifs is 1. The largest absolute Gasteiger partial charge is 0.497 e. The van der Waals surface area contributed by atoms with Crippen molar-refractivity contribution in [2.24, 2.45) is 5.73 Å². The first-order valence-electron chi connectivity index (χ1n) is 8.80. The Morgan fingerprint density at radius 1 is 0.897 bits per heavy atom. The minimum Gasteiger partial charge on any atom is -0.497 e. The van der Waals surface area contributed by atoms with Gasteiger partial charge in [-0.3, -0.25) is 9.97 Å². The molecule has 0 saturated carbocycles. The molecule has 0 heterocycles. The van der Waals surface area contributed by atoms with Gasteiger partial charge in [-0.15, -0.1) is 0 Å². The standard InChI is InChI=1S/C21H23N2O5P/c1-25-18-9-7-15(8-10-18)21(29(24,26-2)27-3)28-19-11-6-14-4-5-16(20(22)23)12-17(14)13-19/h4-13,21H,1-3H3,(H3,22,23). The molecule has 0 aliphatic carbocycles. The average molecular weight is 414 g/mol. The molecule has 3 rings (SSSR count). The summed E-state index contributed by atoms with van der Waals surface area (Å²) in [4.78, 5) is 0. The highest BCUT2D eigenvalue weighted by Gasteiger charge is 2.37. The van der Waals surface area contributed by atoms with Crippen molar-refractivity contribution in [1.82, 2.24) is 0 Å². The van der Waals surface area contributed by atoms with Crippen LogP contribution >= 0.6 is 7.60 Å². The first kappa shape index (κ1) is 20.9. The summed E-state index contributed by atoms with van der Waals surface area (Å²) in [5.41, 5.74) is 6.82. The third kappa shape index (κ3) is 4.43. The molecule has 8 heteroatoms. The van der Waals surface area contributed by atoms with Crippen LogP contribution in [0, 0.1) is 5.41 Å². The van der Waals surface area contributed by atoms with Crippen LogP contribution in [0.1, 0.15) is 17.0 Å². The molecule has 0 saturated heterocycles. The maximum absolute atomic E-state index is 13.2. The summed E-state index contributed by atoms with van der Waals surface area (Å²) in [6.45, 7) is 0. The number of rotatable bonds is 8. The fraction of sp³-hybridized carbons (Fsp3) is 0.190. The Morgan fingerprint density at radius 3 is 2.10 bits per heavy atom. The third-order valence-corrected chi connectivity index (χ3v) is 6.56. The van der Waals surface area contributed by atoms with Gasteiger partial charge in [-0.2, -0.15) is 0 Å². The van der Waals surface area contributed by atoms with E-state index >= 15 is 0 Å². The van der Waals surface area contributed by atoms with Crippen molar-refractivity contribution in [2.45, 2.75) is 5.85 Å². The van der Waals surface area contributed by atoms with Gasteiger partial charge in [-0.1, -0.05) is 30.3 Å². The van der Waals surface area contributed by atoms with E-state index in [9.17, 15) is 4.57 Å². The number of amidine groups is 1. The number of hydrogen-bond donors (Lipinski definition) is 2. The topological polar surface area (TPSA) is 104 Å². The second-order valence-corrected chi connectivity index (χ2v) is 8.56. The number of ether oxygens (including phenoxy) is 2. The van der Waals surface area contributed by atoms with Crippen LogP contribution in [0.2, 0.25) is 0 Å². The van der Waals surface area contributed by atoms with Crippen LogP contribution < -0.4 is 15.2 Å². The van der Waals surface area contributed by atoms with Gasteiger partial charge in [0.1, 0.15) is 17.3 Å². The molecule has 3 N–H and O–H groups in total. The lowest BCUT2D eigenvalue weighted by molar-refractivity contribution is 0.191. The maximum Gasteiger partial charge on any atom is 0.374 e. The van der Waals surface area contributed by atoms with Gasteiger partial charge in [0.15, 0.2) is 0 Å². The Kier molecular flexibility index (Phi) is 6.23. The van der Waals surface area contributed by atoms with Crippen LogP contribution in [0.3, 0.4) is 0 Å². The lowest BCUT2D eigenvalue weighted by Crippen LogP contribution is -2.11. The molecule has 0 amide bonds. The lowest BCUT2D eigenvalue weighted by atomic mass is 10.1. The summed E-state index contributed by atoms with van der Waals surface area (Å²) in [5, 5.41) is 9.43. The fourth-order valence-electron chi connectivity index (χ4n) is 2.94. The summed E-state index contributed by atoms with van der Waals surface area (Å²) in [5.74, 6) is 0.155. The smallest absolute Gasteiger partial charge is 0.374 e. The van der Waals surface area contributed by atoms with E-state index < -0.39 is 13.4 Å². The van der Waals surface area contributed by atoms with Gasteiger partial charge in [0.2, 0.25) is 5.85 Å². The quantitative estimate of drug-likeness (QED) is 0.315. The molecule has 1 unspecified atom stereocenters. The Bertz CT molecular complexity index is 1060.